The summed E-state index contributed by atoms with van der Waals surface area (Å²) < 4.78 is 145. The van der Waals surface area contributed by atoms with E-state index in [1.54, 1.807) is 80.8 Å². The van der Waals surface area contributed by atoms with Crippen molar-refractivity contribution in [3.63, 3.8) is 0 Å². The number of benzene rings is 4. The van der Waals surface area contributed by atoms with Crippen molar-refractivity contribution < 1.29 is 120 Å². The zero-order valence-corrected chi connectivity index (χ0v) is 67.2. The number of likely N-dealkylation sites (N-methyl/N-ethyl adjacent to an activating group) is 2. The topological polar surface area (TPSA) is 517 Å². The van der Waals surface area contributed by atoms with Gasteiger partial charge in [0.25, 0.3) is 40.5 Å². The second kappa shape index (κ2) is 40.0. The van der Waals surface area contributed by atoms with Crippen molar-refractivity contribution in [1.82, 2.24) is 36.4 Å². The number of allylic oxidation sites excluding steroid dienone is 7. The van der Waals surface area contributed by atoms with Gasteiger partial charge in [-0.05, 0) is 162 Å². The highest BCUT2D eigenvalue weighted by Gasteiger charge is 2.46. The molecule has 114 heavy (non-hydrogen) atoms. The lowest BCUT2D eigenvalue weighted by Gasteiger charge is -2.27. The molecule has 5 amide bonds. The number of hydrogen-bond acceptors (Lipinski definition) is 20. The zero-order valence-electron chi connectivity index (χ0n) is 64.0. The van der Waals surface area contributed by atoms with Crippen molar-refractivity contribution in [2.24, 2.45) is 0 Å². The van der Waals surface area contributed by atoms with Gasteiger partial charge in [-0.3, -0.25) is 37.4 Å². The Bertz CT molecular complexity index is 4870. The van der Waals surface area contributed by atoms with Crippen LogP contribution in [-0.2, 0) is 97.7 Å². The Morgan fingerprint density at radius 1 is 0.570 bits per heavy atom. The molecule has 7 rings (SSSR count). The molecule has 0 spiro atoms. The summed E-state index contributed by atoms with van der Waals surface area (Å²) in [4.78, 5) is 105. The number of aliphatic carboxylic acids is 4. The van der Waals surface area contributed by atoms with Crippen LogP contribution < -0.4 is 36.2 Å². The maximum Gasteiger partial charge on any atom is 0.326 e. The Labute approximate surface area is 662 Å². The van der Waals surface area contributed by atoms with Crippen LogP contribution in [0.15, 0.2) is 148 Å². The number of carbonyl (C=O) groups is 8. The third-order valence-corrected chi connectivity index (χ3v) is 23.1. The molecule has 622 valence electrons. The summed E-state index contributed by atoms with van der Waals surface area (Å²) in [5.41, 5.74) is 4.10. The highest BCUT2D eigenvalue weighted by atomic mass is 32.2. The summed E-state index contributed by atoms with van der Waals surface area (Å²) in [6, 6.07) is 16.5. The largest absolute Gasteiger partial charge is 0.481 e. The van der Waals surface area contributed by atoms with Crippen molar-refractivity contribution >= 4 is 105 Å². The lowest BCUT2D eigenvalue weighted by molar-refractivity contribution is -0.438. The van der Waals surface area contributed by atoms with E-state index in [9.17, 15) is 106 Å². The van der Waals surface area contributed by atoms with E-state index in [2.05, 4.69) is 21.3 Å². The smallest absolute Gasteiger partial charge is 0.326 e. The molecule has 38 heteroatoms. The Hall–Kier alpha value is -9.77. The fourth-order valence-electron chi connectivity index (χ4n) is 13.5. The first kappa shape index (κ1) is 91.4. The van der Waals surface area contributed by atoms with Gasteiger partial charge in [0.1, 0.15) is 42.2 Å². The summed E-state index contributed by atoms with van der Waals surface area (Å²) in [5.74, 6) is -7.85. The first-order valence-electron chi connectivity index (χ1n) is 36.7. The third kappa shape index (κ3) is 27.2. The number of anilines is 1. The van der Waals surface area contributed by atoms with Crippen molar-refractivity contribution in [3.05, 3.63) is 160 Å². The summed E-state index contributed by atoms with van der Waals surface area (Å²) in [5, 5.41) is 50.6. The van der Waals surface area contributed by atoms with Gasteiger partial charge in [0.15, 0.2) is 5.71 Å². The average Bonchev–Trinajstić information content (AvgIpc) is 1.59. The minimum Gasteiger partial charge on any atom is -0.481 e. The van der Waals surface area contributed by atoms with Crippen LogP contribution in [0.2, 0.25) is 0 Å². The molecule has 1 aliphatic carbocycles. The van der Waals surface area contributed by atoms with Crippen LogP contribution in [-0.4, -0.2) is 236 Å². The fraction of sp³-hybridized carbons (Fsp3) is 0.461. The molecule has 0 saturated heterocycles. The molecule has 4 aromatic rings. The Morgan fingerprint density at radius 2 is 1.13 bits per heavy atom. The van der Waals surface area contributed by atoms with E-state index in [0.29, 0.717) is 101 Å². The van der Waals surface area contributed by atoms with Crippen molar-refractivity contribution in [2.45, 2.75) is 162 Å². The number of rotatable bonds is 44. The maximum absolute atomic E-state index is 14.3. The van der Waals surface area contributed by atoms with Crippen LogP contribution in [0.3, 0.4) is 0 Å². The van der Waals surface area contributed by atoms with Crippen molar-refractivity contribution in [2.75, 3.05) is 76.3 Å². The van der Waals surface area contributed by atoms with Crippen LogP contribution in [0.5, 0.6) is 5.75 Å². The highest BCUT2D eigenvalue weighted by Crippen LogP contribution is 2.49. The van der Waals surface area contributed by atoms with E-state index >= 15 is 0 Å². The third-order valence-electron chi connectivity index (χ3n) is 19.8. The molecular weight excluding hydrogens is 1570 g/mol. The number of fused-ring (bicyclic) bond motifs is 2. The fourth-order valence-corrected chi connectivity index (χ4v) is 15.7. The van der Waals surface area contributed by atoms with Crippen LogP contribution >= 0.6 is 0 Å². The molecule has 0 radical (unpaired) electrons. The number of nitrogens with one attached hydrogen (secondary N) is 5. The summed E-state index contributed by atoms with van der Waals surface area (Å²) >= 11 is 0. The molecule has 0 aromatic heterocycles. The van der Waals surface area contributed by atoms with Gasteiger partial charge in [0, 0.05) is 112 Å². The zero-order chi connectivity index (χ0) is 84.3. The molecule has 4 atom stereocenters. The molecule has 2 heterocycles. The number of nitrogens with zero attached hydrogens (tertiary/aromatic N) is 4. The van der Waals surface area contributed by atoms with Gasteiger partial charge in [-0.15, -0.1) is 0 Å². The number of urea groups is 1. The Kier molecular flexibility index (Phi) is 32.1. The van der Waals surface area contributed by atoms with E-state index in [1.165, 1.54) is 24.3 Å². The van der Waals surface area contributed by atoms with E-state index < -0.39 is 147 Å². The number of carbonyl (C=O) groups excluding carboxylic acids is 4. The van der Waals surface area contributed by atoms with Gasteiger partial charge in [-0.1, -0.05) is 62.4 Å². The van der Waals surface area contributed by atoms with Crippen LogP contribution in [0.25, 0.3) is 0 Å². The maximum atomic E-state index is 14.3. The average molecular weight is 1670 g/mol. The minimum atomic E-state index is -4.66. The Balaban J connectivity index is 1.08. The second-order valence-corrected chi connectivity index (χ2v) is 35.2. The molecule has 3 aliphatic rings. The number of ether oxygens (including phenoxy) is 1. The van der Waals surface area contributed by atoms with E-state index in [0.717, 1.165) is 0 Å². The normalized spacial score (nSPS) is 16.6. The van der Waals surface area contributed by atoms with E-state index in [4.69, 9.17) is 9.84 Å². The predicted octanol–water partition coefficient (Wildman–Crippen LogP) is 5.63. The lowest BCUT2D eigenvalue weighted by atomic mass is 9.81. The highest BCUT2D eigenvalue weighted by molar-refractivity contribution is 7.86. The summed E-state index contributed by atoms with van der Waals surface area (Å²) in [7, 11) is -14.4. The molecule has 34 nitrogen and oxygen atoms in total. The number of carboxylic acids is 4. The van der Waals surface area contributed by atoms with Crippen LogP contribution in [0.4, 0.5) is 16.2 Å². The van der Waals surface area contributed by atoms with Gasteiger partial charge in [0.05, 0.1) is 26.7 Å². The molecule has 0 unspecified atom stereocenters. The molecular formula is C76H100N9O25S4+. The van der Waals surface area contributed by atoms with Crippen LogP contribution in [0.1, 0.15) is 127 Å². The number of amides is 5. The lowest BCUT2D eigenvalue weighted by Crippen LogP contribution is -2.53. The van der Waals surface area contributed by atoms with Gasteiger partial charge in [-0.25, -0.2) is 19.2 Å². The molecule has 0 saturated carbocycles. The van der Waals surface area contributed by atoms with Gasteiger partial charge < -0.3 is 66.4 Å². The minimum absolute atomic E-state index is 0.00288. The number of unbranched alkanes of at least 4 members (excludes halogenated alkanes) is 2. The number of hydrogen-bond donors (Lipinski definition) is 13. The molecule has 0 bridgehead atoms. The summed E-state index contributed by atoms with van der Waals surface area (Å²) in [6.07, 6.45) is 7.55. The second-order valence-electron chi connectivity index (χ2n) is 29.3. The number of carboxylic acid groups (broad SMARTS) is 4. The van der Waals surface area contributed by atoms with Gasteiger partial charge >= 0.3 is 29.9 Å². The van der Waals surface area contributed by atoms with Gasteiger partial charge in [0.2, 0.25) is 23.4 Å². The summed E-state index contributed by atoms with van der Waals surface area (Å²) in [6.45, 7) is 9.54. The molecule has 4 aromatic carbocycles. The van der Waals surface area contributed by atoms with Crippen LogP contribution in [0, 0.1) is 0 Å². The van der Waals surface area contributed by atoms with E-state index in [1.807, 2.05) is 76.6 Å². The van der Waals surface area contributed by atoms with Crippen molar-refractivity contribution in [3.8, 4) is 5.75 Å². The predicted molar refractivity (Wildman–Crippen MR) is 419 cm³/mol. The molecule has 0 fully saturated rings. The van der Waals surface area contributed by atoms with E-state index in [-0.39, 0.29) is 99.5 Å². The first-order chi connectivity index (χ1) is 53.3. The quantitative estimate of drug-likeness (QED) is 0.0145. The monoisotopic (exact) mass is 1670 g/mol. The first-order valence-corrected chi connectivity index (χ1v) is 42.8. The van der Waals surface area contributed by atoms with Crippen molar-refractivity contribution in [1.29, 1.82) is 0 Å². The molecule has 13 N–H and O–H groups in total. The SMILES string of the molecule is CN(CCNC(=O)CC[C@H](NC(=O)N[C@@H](CCC(=O)O)C(=O)O)C(=O)O)CCN(C)CCC(=O)N[C@@H](Cc1ccccc1)C(=O)N[C@@H](Cc1ccc(OC2=C(/C=C/C3=[N+](CCCCS(=O)(=O)O)c4ccc(S(=O)(=O)O)cc4C3(C)C)CCC/C2=C\C=C2\N(CCCCS(=O)(=O)O)c3ccc(S(=O)(=O)O)cc3C2(C)C)cc1)C(=O)O. The Morgan fingerprint density at radius 3 is 1.72 bits per heavy atom. The molecule has 2 aliphatic heterocycles. The standard InChI is InChI=1S/C76H99N9O25S4/c1-75(2)56-47-54(113(104,105)106)25-29-62(56)84(37-10-12-43-111(98,99)100)64(75)31-21-51-17-14-18-52(22-32-65-76(3,4)57-48-55(114(107,108)109)26-30-63(57)85(65)38-11-13-44-112(101,102)103)69(51)110-53-23-19-50(20-24-53)46-61(73(95)96)79-70(90)60(45-49-15-8-7-9-16-49)78-67(87)35-39-82(5)41-42-83(6)40-36-77-66(86)33-27-58(71(91)92)80-74(97)81-59(72(93)94)28-34-68(88)89/h7-9,15-16,19-26,29-32,47-48,58-61H,10-14,17-18,27-28,33-46H2,1-6H3,(H12-,77,78,79,80,81,86,87,88,89,90,91,92,93,94,95,96,97,98,99,100,101,102,103,104,105,106,107,108,109)/p+1/t58-,59-,60-,61-/m0/s1. The van der Waals surface area contributed by atoms with Gasteiger partial charge in [-0.2, -0.15) is 38.2 Å².